The maximum Gasteiger partial charge on any atom is 0.260 e. The second-order valence-corrected chi connectivity index (χ2v) is 7.27. The summed E-state index contributed by atoms with van der Waals surface area (Å²) in [7, 11) is 4.04. The molecular weight excluding hydrogens is 354 g/mol. The molecule has 0 aromatic heterocycles. The molecule has 0 saturated carbocycles. The highest BCUT2D eigenvalue weighted by Gasteiger charge is 2.30. The fourth-order valence-electron chi connectivity index (χ4n) is 3.26. The van der Waals surface area contributed by atoms with Gasteiger partial charge >= 0.3 is 0 Å². The number of nitrogens with one attached hydrogen (secondary N) is 1. The number of rotatable bonds is 7. The van der Waals surface area contributed by atoms with E-state index < -0.39 is 0 Å². The van der Waals surface area contributed by atoms with Crippen LogP contribution in [0, 0.1) is 0 Å². The van der Waals surface area contributed by atoms with Crippen molar-refractivity contribution in [2.75, 3.05) is 20.6 Å². The minimum absolute atomic E-state index is 0.0956. The van der Waals surface area contributed by atoms with Gasteiger partial charge in [0.1, 0.15) is 0 Å². The van der Waals surface area contributed by atoms with Crippen LogP contribution in [0.25, 0.3) is 0 Å². The van der Waals surface area contributed by atoms with Gasteiger partial charge in [-0.05, 0) is 36.9 Å². The molecule has 1 N–H and O–H groups in total. The van der Waals surface area contributed by atoms with Gasteiger partial charge in [-0.15, -0.1) is 0 Å². The largest absolute Gasteiger partial charge is 0.352 e. The molecule has 0 saturated heterocycles. The molecular formula is C22H25N3O3. The van der Waals surface area contributed by atoms with Gasteiger partial charge in [-0.25, -0.2) is 0 Å². The molecule has 6 nitrogen and oxygen atoms in total. The number of benzene rings is 2. The molecule has 28 heavy (non-hydrogen) atoms. The molecule has 146 valence electrons. The van der Waals surface area contributed by atoms with Crippen LogP contribution in [0.2, 0.25) is 0 Å². The lowest BCUT2D eigenvalue weighted by atomic mass is 9.98. The average Bonchev–Trinajstić information content (AvgIpc) is 2.67. The topological polar surface area (TPSA) is 69.7 Å². The van der Waals surface area contributed by atoms with E-state index >= 15 is 0 Å². The average molecular weight is 379 g/mol. The van der Waals surface area contributed by atoms with Crippen LogP contribution in [0.4, 0.5) is 0 Å². The molecule has 6 heteroatoms. The van der Waals surface area contributed by atoms with E-state index in [0.29, 0.717) is 12.1 Å². The van der Waals surface area contributed by atoms with Gasteiger partial charge < -0.3 is 10.2 Å². The molecule has 0 radical (unpaired) electrons. The fraction of sp³-hybridized carbons (Fsp3) is 0.318. The van der Waals surface area contributed by atoms with E-state index in [0.717, 1.165) is 17.7 Å². The molecule has 0 aliphatic carbocycles. The van der Waals surface area contributed by atoms with Crippen molar-refractivity contribution in [1.29, 1.82) is 0 Å². The zero-order valence-electron chi connectivity index (χ0n) is 16.3. The van der Waals surface area contributed by atoms with Crippen LogP contribution >= 0.6 is 0 Å². The van der Waals surface area contributed by atoms with Crippen LogP contribution in [0.5, 0.6) is 0 Å². The Bertz CT molecular complexity index is 875. The van der Waals surface area contributed by atoms with Crippen molar-refractivity contribution in [1.82, 2.24) is 15.1 Å². The van der Waals surface area contributed by atoms with Crippen molar-refractivity contribution < 1.29 is 14.4 Å². The molecule has 0 unspecified atom stereocenters. The van der Waals surface area contributed by atoms with E-state index in [2.05, 4.69) is 10.2 Å². The molecule has 1 heterocycles. The highest BCUT2D eigenvalue weighted by molar-refractivity contribution is 6.09. The molecule has 2 aromatic carbocycles. The summed E-state index contributed by atoms with van der Waals surface area (Å²) < 4.78 is 0. The smallest absolute Gasteiger partial charge is 0.260 e. The fourth-order valence-corrected chi connectivity index (χ4v) is 3.26. The van der Waals surface area contributed by atoms with E-state index in [1.807, 2.05) is 44.4 Å². The number of carbonyl (C=O) groups excluding carboxylic acids is 3. The first kappa shape index (κ1) is 19.8. The summed E-state index contributed by atoms with van der Waals surface area (Å²) in [6.45, 7) is 1.39. The van der Waals surface area contributed by atoms with Crippen molar-refractivity contribution in [2.24, 2.45) is 0 Å². The van der Waals surface area contributed by atoms with Crippen LogP contribution in [0.3, 0.4) is 0 Å². The number of fused-ring (bicyclic) bond motifs is 1. The molecule has 0 atom stereocenters. The Balaban J connectivity index is 1.49. The van der Waals surface area contributed by atoms with Gasteiger partial charge in [0.05, 0.1) is 6.42 Å². The predicted molar refractivity (Wildman–Crippen MR) is 106 cm³/mol. The molecule has 0 spiro atoms. The summed E-state index contributed by atoms with van der Waals surface area (Å²) in [5.41, 5.74) is 3.51. The molecule has 2 aromatic rings. The number of nitrogens with zero attached hydrogens (tertiary/aromatic N) is 2. The molecule has 3 rings (SSSR count). The van der Waals surface area contributed by atoms with Crippen molar-refractivity contribution in [3.05, 3.63) is 70.8 Å². The van der Waals surface area contributed by atoms with Gasteiger partial charge in [0.2, 0.25) is 11.8 Å². The first-order chi connectivity index (χ1) is 13.4. The maximum atomic E-state index is 12.5. The van der Waals surface area contributed by atoms with E-state index in [1.54, 1.807) is 18.2 Å². The van der Waals surface area contributed by atoms with E-state index in [9.17, 15) is 14.4 Å². The maximum absolute atomic E-state index is 12.5. The van der Waals surface area contributed by atoms with Gasteiger partial charge in [0.15, 0.2) is 0 Å². The highest BCUT2D eigenvalue weighted by atomic mass is 16.2. The third-order valence-corrected chi connectivity index (χ3v) is 4.71. The Hall–Kier alpha value is -2.99. The SMILES string of the molecule is CN(C)Cc1ccc(CNC(=O)CCN2C(=O)Cc3ccccc3C2=O)cc1. The van der Waals surface area contributed by atoms with Crippen molar-refractivity contribution in [2.45, 2.75) is 25.9 Å². The number of hydrogen-bond acceptors (Lipinski definition) is 4. The lowest BCUT2D eigenvalue weighted by Crippen LogP contribution is -2.44. The summed E-state index contributed by atoms with van der Waals surface area (Å²) >= 11 is 0. The van der Waals surface area contributed by atoms with E-state index in [4.69, 9.17) is 0 Å². The zero-order chi connectivity index (χ0) is 20.1. The molecule has 1 aliphatic heterocycles. The van der Waals surface area contributed by atoms with Crippen molar-refractivity contribution in [3.63, 3.8) is 0 Å². The first-order valence-corrected chi connectivity index (χ1v) is 9.36. The number of carbonyl (C=O) groups is 3. The Morgan fingerprint density at radius 1 is 1.04 bits per heavy atom. The van der Waals surface area contributed by atoms with E-state index in [1.165, 1.54) is 10.5 Å². The number of imide groups is 1. The molecule has 0 fully saturated rings. The standard InChI is InChI=1S/C22H25N3O3/c1-24(2)15-17-9-7-16(8-10-17)14-23-20(26)11-12-25-21(27)13-18-5-3-4-6-19(18)22(25)28/h3-10H,11-15H2,1-2H3,(H,23,26). The molecule has 0 bridgehead atoms. The second-order valence-electron chi connectivity index (χ2n) is 7.27. The minimum atomic E-state index is -0.323. The van der Waals surface area contributed by atoms with Gasteiger partial charge in [0.25, 0.3) is 5.91 Å². The minimum Gasteiger partial charge on any atom is -0.352 e. The van der Waals surface area contributed by atoms with Crippen LogP contribution in [0.15, 0.2) is 48.5 Å². The van der Waals surface area contributed by atoms with Gasteiger partial charge in [-0.2, -0.15) is 0 Å². The lowest BCUT2D eigenvalue weighted by molar-refractivity contribution is -0.129. The molecule has 3 amide bonds. The summed E-state index contributed by atoms with van der Waals surface area (Å²) in [5, 5.41) is 2.85. The summed E-state index contributed by atoms with van der Waals surface area (Å²) in [4.78, 5) is 40.2. The Morgan fingerprint density at radius 2 is 1.71 bits per heavy atom. The third kappa shape index (κ3) is 4.84. The Kier molecular flexibility index (Phi) is 6.21. The highest BCUT2D eigenvalue weighted by Crippen LogP contribution is 2.19. The summed E-state index contributed by atoms with van der Waals surface area (Å²) in [5.74, 6) is -0.763. The Labute approximate surface area is 165 Å². The second kappa shape index (κ2) is 8.80. The summed E-state index contributed by atoms with van der Waals surface area (Å²) in [6, 6.07) is 15.2. The van der Waals surface area contributed by atoms with Crippen molar-refractivity contribution in [3.8, 4) is 0 Å². The third-order valence-electron chi connectivity index (χ3n) is 4.71. The van der Waals surface area contributed by atoms with Crippen LogP contribution in [0.1, 0.15) is 33.5 Å². The Morgan fingerprint density at radius 3 is 2.43 bits per heavy atom. The predicted octanol–water partition coefficient (Wildman–Crippen LogP) is 1.98. The number of hydrogen-bond donors (Lipinski definition) is 1. The first-order valence-electron chi connectivity index (χ1n) is 9.36. The quantitative estimate of drug-likeness (QED) is 0.747. The van der Waals surface area contributed by atoms with Crippen LogP contribution in [-0.4, -0.2) is 48.2 Å². The van der Waals surface area contributed by atoms with Crippen LogP contribution in [-0.2, 0) is 29.1 Å². The number of amides is 3. The van der Waals surface area contributed by atoms with Crippen LogP contribution < -0.4 is 5.32 Å². The van der Waals surface area contributed by atoms with Gasteiger partial charge in [-0.3, -0.25) is 19.3 Å². The molecule has 1 aliphatic rings. The normalized spacial score (nSPS) is 13.6. The van der Waals surface area contributed by atoms with Crippen molar-refractivity contribution >= 4 is 17.7 Å². The van der Waals surface area contributed by atoms with Gasteiger partial charge in [0, 0.05) is 31.6 Å². The monoisotopic (exact) mass is 379 g/mol. The zero-order valence-corrected chi connectivity index (χ0v) is 16.3. The summed E-state index contributed by atoms with van der Waals surface area (Å²) in [6.07, 6.45) is 0.293. The van der Waals surface area contributed by atoms with E-state index in [-0.39, 0.29) is 37.1 Å². The lowest BCUT2D eigenvalue weighted by Gasteiger charge is -2.26. The van der Waals surface area contributed by atoms with Gasteiger partial charge in [-0.1, -0.05) is 42.5 Å².